The SMILES string of the molecule is CCO[SiH](OCC)C(CC)NC(C)N. The molecule has 0 rings (SSSR count). The van der Waals surface area contributed by atoms with Crippen molar-refractivity contribution in [1.82, 2.24) is 5.32 Å². The molecule has 0 aliphatic carbocycles. The minimum atomic E-state index is -1.60. The Bertz CT molecular complexity index is 130. The van der Waals surface area contributed by atoms with Crippen LogP contribution in [-0.4, -0.2) is 34.3 Å². The van der Waals surface area contributed by atoms with Crippen LogP contribution in [0.5, 0.6) is 0 Å². The van der Waals surface area contributed by atoms with Crippen LogP contribution in [-0.2, 0) is 8.85 Å². The van der Waals surface area contributed by atoms with Gasteiger partial charge in [-0.1, -0.05) is 6.92 Å². The predicted molar refractivity (Wildman–Crippen MR) is 61.3 cm³/mol. The highest BCUT2D eigenvalue weighted by atomic mass is 28.3. The van der Waals surface area contributed by atoms with Crippen molar-refractivity contribution in [2.24, 2.45) is 5.73 Å². The van der Waals surface area contributed by atoms with Gasteiger partial charge in [-0.3, -0.25) is 5.32 Å². The van der Waals surface area contributed by atoms with Gasteiger partial charge >= 0.3 is 9.28 Å². The highest BCUT2D eigenvalue weighted by Gasteiger charge is 2.24. The van der Waals surface area contributed by atoms with Crippen LogP contribution in [0.4, 0.5) is 0 Å². The van der Waals surface area contributed by atoms with Gasteiger partial charge in [0.15, 0.2) is 0 Å². The molecule has 0 radical (unpaired) electrons. The number of hydrogen-bond acceptors (Lipinski definition) is 4. The van der Waals surface area contributed by atoms with Crippen molar-refractivity contribution in [1.29, 1.82) is 0 Å². The molecule has 0 aliphatic heterocycles. The zero-order valence-corrected chi connectivity index (χ0v) is 10.9. The van der Waals surface area contributed by atoms with Crippen LogP contribution in [0.15, 0.2) is 0 Å². The number of nitrogens with two attached hydrogens (primary N) is 1. The van der Waals surface area contributed by atoms with Crippen LogP contribution < -0.4 is 11.1 Å². The molecule has 0 heterocycles. The Kier molecular flexibility index (Phi) is 8.41. The Hall–Kier alpha value is 0.0569. The fourth-order valence-corrected chi connectivity index (χ4v) is 3.40. The van der Waals surface area contributed by atoms with Gasteiger partial charge in [-0.05, 0) is 27.2 Å². The molecule has 5 heteroatoms. The van der Waals surface area contributed by atoms with E-state index in [0.717, 1.165) is 6.42 Å². The van der Waals surface area contributed by atoms with Gasteiger partial charge in [0.1, 0.15) is 0 Å². The fourth-order valence-electron chi connectivity index (χ4n) is 1.34. The summed E-state index contributed by atoms with van der Waals surface area (Å²) in [4.78, 5) is 0. The average Bonchev–Trinajstić information content (AvgIpc) is 2.13. The van der Waals surface area contributed by atoms with E-state index in [-0.39, 0.29) is 6.17 Å². The second-order valence-corrected chi connectivity index (χ2v) is 5.46. The molecule has 14 heavy (non-hydrogen) atoms. The van der Waals surface area contributed by atoms with Gasteiger partial charge < -0.3 is 14.6 Å². The molecular formula is C9H24N2O2Si. The van der Waals surface area contributed by atoms with Gasteiger partial charge in [0, 0.05) is 18.9 Å². The lowest BCUT2D eigenvalue weighted by Crippen LogP contribution is -2.52. The highest BCUT2D eigenvalue weighted by Crippen LogP contribution is 2.02. The summed E-state index contributed by atoms with van der Waals surface area (Å²) in [7, 11) is -1.60. The van der Waals surface area contributed by atoms with Crippen molar-refractivity contribution in [3.8, 4) is 0 Å². The van der Waals surface area contributed by atoms with Gasteiger partial charge in [-0.2, -0.15) is 0 Å². The van der Waals surface area contributed by atoms with E-state index in [0.29, 0.717) is 18.9 Å². The topological polar surface area (TPSA) is 56.5 Å². The minimum Gasteiger partial charge on any atom is -0.396 e. The van der Waals surface area contributed by atoms with Crippen molar-refractivity contribution in [2.45, 2.75) is 45.9 Å². The van der Waals surface area contributed by atoms with Crippen LogP contribution in [0.2, 0.25) is 0 Å². The van der Waals surface area contributed by atoms with E-state index in [1.54, 1.807) is 0 Å². The number of hydrogen-bond donors (Lipinski definition) is 2. The zero-order valence-electron chi connectivity index (χ0n) is 9.75. The predicted octanol–water partition coefficient (Wildman–Crippen LogP) is 0.492. The van der Waals surface area contributed by atoms with Crippen molar-refractivity contribution in [2.75, 3.05) is 13.2 Å². The van der Waals surface area contributed by atoms with E-state index < -0.39 is 9.28 Å². The minimum absolute atomic E-state index is 0.00383. The summed E-state index contributed by atoms with van der Waals surface area (Å²) in [6, 6.07) is 0. The molecule has 3 N–H and O–H groups in total. The van der Waals surface area contributed by atoms with Gasteiger partial charge in [-0.25, -0.2) is 0 Å². The first-order valence-electron chi connectivity index (χ1n) is 5.40. The van der Waals surface area contributed by atoms with Crippen LogP contribution in [0.1, 0.15) is 34.1 Å². The van der Waals surface area contributed by atoms with Gasteiger partial charge in [0.25, 0.3) is 0 Å². The molecule has 0 aromatic rings. The quantitative estimate of drug-likeness (QED) is 0.462. The van der Waals surface area contributed by atoms with Crippen molar-refractivity contribution < 1.29 is 8.85 Å². The van der Waals surface area contributed by atoms with E-state index in [1.807, 2.05) is 20.8 Å². The molecule has 0 saturated heterocycles. The number of nitrogens with one attached hydrogen (secondary N) is 1. The molecule has 0 saturated carbocycles. The molecular weight excluding hydrogens is 196 g/mol. The smallest absolute Gasteiger partial charge is 0.338 e. The molecule has 0 fully saturated rings. The first-order chi connectivity index (χ1) is 6.65. The Balaban J connectivity index is 4.10. The normalized spacial score (nSPS) is 15.9. The second kappa shape index (κ2) is 8.37. The molecule has 0 spiro atoms. The molecule has 0 aromatic heterocycles. The first-order valence-corrected chi connectivity index (χ1v) is 7.01. The zero-order chi connectivity index (χ0) is 11.0. The Morgan fingerprint density at radius 2 is 1.71 bits per heavy atom. The highest BCUT2D eigenvalue weighted by molar-refractivity contribution is 6.46. The lowest BCUT2D eigenvalue weighted by molar-refractivity contribution is 0.196. The molecule has 0 aromatic carbocycles. The molecule has 0 aliphatic rings. The third-order valence-corrected chi connectivity index (χ3v) is 4.55. The Morgan fingerprint density at radius 1 is 1.21 bits per heavy atom. The van der Waals surface area contributed by atoms with Crippen LogP contribution >= 0.6 is 0 Å². The summed E-state index contributed by atoms with van der Waals surface area (Å²) in [6.07, 6.45) is 0.995. The molecule has 0 amide bonds. The fraction of sp³-hybridized carbons (Fsp3) is 1.00. The molecule has 2 atom stereocenters. The van der Waals surface area contributed by atoms with Crippen molar-refractivity contribution in [3.05, 3.63) is 0 Å². The first kappa shape index (κ1) is 14.1. The Morgan fingerprint density at radius 3 is 2.00 bits per heavy atom. The summed E-state index contributed by atoms with van der Waals surface area (Å²) in [5.41, 5.74) is 6.00. The lowest BCUT2D eigenvalue weighted by Gasteiger charge is -2.26. The molecule has 4 nitrogen and oxygen atoms in total. The maximum atomic E-state index is 5.70. The average molecular weight is 220 g/mol. The standard InChI is InChI=1S/C9H24N2O2Si/c1-5-9(11-8(4)10)14(12-6-2)13-7-3/h8-9,11,14H,5-7,10H2,1-4H3. The van der Waals surface area contributed by atoms with Crippen LogP contribution in [0, 0.1) is 0 Å². The summed E-state index contributed by atoms with van der Waals surface area (Å²) >= 11 is 0. The monoisotopic (exact) mass is 220 g/mol. The maximum absolute atomic E-state index is 5.70. The third-order valence-electron chi connectivity index (χ3n) is 1.91. The van der Waals surface area contributed by atoms with E-state index in [9.17, 15) is 0 Å². The van der Waals surface area contributed by atoms with E-state index in [2.05, 4.69) is 12.2 Å². The van der Waals surface area contributed by atoms with E-state index >= 15 is 0 Å². The summed E-state index contributed by atoms with van der Waals surface area (Å²) in [5.74, 6) is 0. The van der Waals surface area contributed by atoms with Crippen LogP contribution in [0.3, 0.4) is 0 Å². The van der Waals surface area contributed by atoms with E-state index in [1.165, 1.54) is 0 Å². The largest absolute Gasteiger partial charge is 0.396 e. The van der Waals surface area contributed by atoms with Crippen LogP contribution in [0.25, 0.3) is 0 Å². The van der Waals surface area contributed by atoms with E-state index in [4.69, 9.17) is 14.6 Å². The maximum Gasteiger partial charge on any atom is 0.338 e. The molecule has 86 valence electrons. The summed E-state index contributed by atoms with van der Waals surface area (Å²) in [5, 5.41) is 3.29. The molecule has 0 bridgehead atoms. The lowest BCUT2D eigenvalue weighted by atomic mass is 10.4. The summed E-state index contributed by atoms with van der Waals surface area (Å²) in [6.45, 7) is 9.49. The summed E-state index contributed by atoms with van der Waals surface area (Å²) < 4.78 is 11.3. The third kappa shape index (κ3) is 5.72. The van der Waals surface area contributed by atoms with Crippen molar-refractivity contribution >= 4 is 9.28 Å². The second-order valence-electron chi connectivity index (χ2n) is 3.25. The van der Waals surface area contributed by atoms with Gasteiger partial charge in [-0.15, -0.1) is 0 Å². The Labute approximate surface area is 89.0 Å². The number of rotatable bonds is 8. The van der Waals surface area contributed by atoms with Crippen molar-refractivity contribution in [3.63, 3.8) is 0 Å². The molecule has 2 unspecified atom stereocenters. The van der Waals surface area contributed by atoms with Gasteiger partial charge in [0.2, 0.25) is 0 Å². The van der Waals surface area contributed by atoms with Gasteiger partial charge in [0.05, 0.1) is 6.17 Å².